The number of amides is 1. The van der Waals surface area contributed by atoms with E-state index in [0.29, 0.717) is 27.1 Å². The molecular weight excluding hydrogens is 459 g/mol. The molecule has 0 aliphatic carbocycles. The minimum atomic E-state index is -0.326. The number of para-hydroxylation sites is 1. The zero-order valence-corrected chi connectivity index (χ0v) is 19.0. The van der Waals surface area contributed by atoms with Crippen LogP contribution in [0.1, 0.15) is 20.4 Å². The number of thiazole rings is 2. The summed E-state index contributed by atoms with van der Waals surface area (Å²) in [6, 6.07) is 17.4. The highest BCUT2D eigenvalue weighted by atomic mass is 32.1. The van der Waals surface area contributed by atoms with Gasteiger partial charge in [-0.25, -0.2) is 19.3 Å². The second-order valence-corrected chi connectivity index (χ2v) is 9.25. The number of hydrogen-bond donors (Lipinski definition) is 1. The first-order valence-electron chi connectivity index (χ1n) is 10.0. The summed E-state index contributed by atoms with van der Waals surface area (Å²) in [6.45, 7) is 1.97. The summed E-state index contributed by atoms with van der Waals surface area (Å²) in [7, 11) is 0. The van der Waals surface area contributed by atoms with Crippen LogP contribution in [0.2, 0.25) is 0 Å². The molecule has 5 rings (SSSR count). The van der Waals surface area contributed by atoms with Gasteiger partial charge in [-0.3, -0.25) is 4.79 Å². The highest BCUT2D eigenvalue weighted by Crippen LogP contribution is 2.30. The molecule has 3 heterocycles. The van der Waals surface area contributed by atoms with Crippen LogP contribution < -0.4 is 10.1 Å². The number of pyridine rings is 1. The number of benzene rings is 2. The van der Waals surface area contributed by atoms with Crippen LogP contribution in [0.25, 0.3) is 20.8 Å². The van der Waals surface area contributed by atoms with E-state index in [2.05, 4.69) is 20.3 Å². The van der Waals surface area contributed by atoms with Crippen molar-refractivity contribution in [2.45, 2.75) is 13.5 Å². The molecule has 164 valence electrons. The summed E-state index contributed by atoms with van der Waals surface area (Å²) in [6.07, 6.45) is 1.70. The fraction of sp³-hybridized carbons (Fsp3) is 0.0833. The van der Waals surface area contributed by atoms with Crippen molar-refractivity contribution in [3.05, 3.63) is 88.3 Å². The average molecular weight is 477 g/mol. The number of aryl methyl sites for hydroxylation is 1. The lowest BCUT2D eigenvalue weighted by molar-refractivity contribution is 0.102. The number of carbonyl (C=O) groups is 1. The van der Waals surface area contributed by atoms with Gasteiger partial charge in [0.2, 0.25) is 0 Å². The monoisotopic (exact) mass is 476 g/mol. The molecule has 0 atom stereocenters. The van der Waals surface area contributed by atoms with E-state index in [0.717, 1.165) is 20.8 Å². The number of hydrogen-bond acceptors (Lipinski definition) is 7. The molecule has 0 saturated carbocycles. The first-order chi connectivity index (χ1) is 16.0. The quantitative estimate of drug-likeness (QED) is 0.321. The SMILES string of the molecule is Cc1nc(COc2ccc(F)cc2)sc1C(=O)Nc1ccc(-c2nc3ccccc3s2)cn1. The molecule has 33 heavy (non-hydrogen) atoms. The highest BCUT2D eigenvalue weighted by Gasteiger charge is 2.17. The number of nitrogens with zero attached hydrogens (tertiary/aromatic N) is 3. The Bertz CT molecular complexity index is 1400. The van der Waals surface area contributed by atoms with Crippen LogP contribution in [0, 0.1) is 12.7 Å². The molecule has 0 saturated heterocycles. The zero-order chi connectivity index (χ0) is 22.8. The molecule has 1 amide bonds. The summed E-state index contributed by atoms with van der Waals surface area (Å²) in [5.41, 5.74) is 2.46. The van der Waals surface area contributed by atoms with E-state index in [1.807, 2.05) is 30.3 Å². The van der Waals surface area contributed by atoms with E-state index in [-0.39, 0.29) is 18.3 Å². The van der Waals surface area contributed by atoms with E-state index in [1.165, 1.54) is 23.5 Å². The molecule has 0 bridgehead atoms. The summed E-state index contributed by atoms with van der Waals surface area (Å²) in [5.74, 6) is 0.376. The number of halogens is 1. The van der Waals surface area contributed by atoms with Gasteiger partial charge in [0.1, 0.15) is 38.9 Å². The molecule has 0 radical (unpaired) electrons. The second kappa shape index (κ2) is 9.05. The standard InChI is InChI=1S/C24H17FN4O2S2/c1-14-22(33-21(27-14)13-31-17-9-7-16(25)8-10-17)23(30)29-20-11-6-15(12-26-20)24-28-18-4-2-3-5-19(18)32-24/h2-12H,13H2,1H3,(H,26,29,30). The number of aromatic nitrogens is 3. The van der Waals surface area contributed by atoms with Crippen molar-refractivity contribution in [2.24, 2.45) is 0 Å². The van der Waals surface area contributed by atoms with Crippen molar-refractivity contribution in [2.75, 3.05) is 5.32 Å². The number of fused-ring (bicyclic) bond motifs is 1. The summed E-state index contributed by atoms with van der Waals surface area (Å²) in [4.78, 5) is 26.7. The Morgan fingerprint density at radius 2 is 1.85 bits per heavy atom. The first kappa shape index (κ1) is 21.2. The average Bonchev–Trinajstić information content (AvgIpc) is 3.42. The molecule has 0 spiro atoms. The van der Waals surface area contributed by atoms with Crippen LogP contribution in [-0.2, 0) is 6.61 Å². The largest absolute Gasteiger partial charge is 0.486 e. The Balaban J connectivity index is 1.25. The summed E-state index contributed by atoms with van der Waals surface area (Å²) in [5, 5.41) is 4.35. The van der Waals surface area contributed by atoms with Crippen molar-refractivity contribution in [1.29, 1.82) is 0 Å². The third-order valence-corrected chi connectivity index (χ3v) is 6.98. The molecule has 3 aromatic heterocycles. The Morgan fingerprint density at radius 1 is 1.03 bits per heavy atom. The number of ether oxygens (including phenoxy) is 1. The number of nitrogens with one attached hydrogen (secondary N) is 1. The predicted molar refractivity (Wildman–Crippen MR) is 128 cm³/mol. The van der Waals surface area contributed by atoms with Crippen molar-refractivity contribution >= 4 is 44.6 Å². The van der Waals surface area contributed by atoms with E-state index < -0.39 is 0 Å². The second-order valence-electron chi connectivity index (χ2n) is 7.14. The van der Waals surface area contributed by atoms with Crippen LogP contribution in [0.15, 0.2) is 66.9 Å². The van der Waals surface area contributed by atoms with E-state index >= 15 is 0 Å². The summed E-state index contributed by atoms with van der Waals surface area (Å²) < 4.78 is 19.7. The minimum Gasteiger partial charge on any atom is -0.486 e. The highest BCUT2D eigenvalue weighted by molar-refractivity contribution is 7.21. The van der Waals surface area contributed by atoms with Gasteiger partial charge >= 0.3 is 0 Å². The van der Waals surface area contributed by atoms with Gasteiger partial charge in [0.05, 0.1) is 15.9 Å². The van der Waals surface area contributed by atoms with E-state index in [1.54, 1.807) is 42.7 Å². The van der Waals surface area contributed by atoms with E-state index in [9.17, 15) is 9.18 Å². The van der Waals surface area contributed by atoms with Crippen molar-refractivity contribution in [3.63, 3.8) is 0 Å². The topological polar surface area (TPSA) is 77.0 Å². The van der Waals surface area contributed by atoms with Crippen LogP contribution in [0.4, 0.5) is 10.2 Å². The van der Waals surface area contributed by atoms with Crippen LogP contribution in [0.5, 0.6) is 5.75 Å². The number of carbonyl (C=O) groups excluding carboxylic acids is 1. The van der Waals surface area contributed by atoms with Gasteiger partial charge in [0.25, 0.3) is 5.91 Å². The van der Waals surface area contributed by atoms with Gasteiger partial charge in [0, 0.05) is 11.8 Å². The lowest BCUT2D eigenvalue weighted by Crippen LogP contribution is -2.12. The number of rotatable bonds is 6. The Morgan fingerprint density at radius 3 is 2.61 bits per heavy atom. The fourth-order valence-electron chi connectivity index (χ4n) is 3.16. The first-order valence-corrected chi connectivity index (χ1v) is 11.7. The molecule has 9 heteroatoms. The molecule has 2 aromatic carbocycles. The molecule has 0 fully saturated rings. The Hall–Kier alpha value is -3.69. The van der Waals surface area contributed by atoms with Crippen LogP contribution in [-0.4, -0.2) is 20.9 Å². The molecule has 5 aromatic rings. The third-order valence-electron chi connectivity index (χ3n) is 4.77. The lowest BCUT2D eigenvalue weighted by atomic mass is 10.3. The van der Waals surface area contributed by atoms with Crippen molar-refractivity contribution in [1.82, 2.24) is 15.0 Å². The van der Waals surface area contributed by atoms with Gasteiger partial charge in [-0.2, -0.15) is 0 Å². The normalized spacial score (nSPS) is 11.0. The van der Waals surface area contributed by atoms with Crippen molar-refractivity contribution < 1.29 is 13.9 Å². The van der Waals surface area contributed by atoms with Crippen LogP contribution >= 0.6 is 22.7 Å². The fourth-order valence-corrected chi connectivity index (χ4v) is 4.99. The predicted octanol–water partition coefficient (Wildman–Crippen LogP) is 6.09. The van der Waals surface area contributed by atoms with Crippen LogP contribution in [0.3, 0.4) is 0 Å². The maximum absolute atomic E-state index is 13.0. The summed E-state index contributed by atoms with van der Waals surface area (Å²) >= 11 is 2.85. The Kier molecular flexibility index (Phi) is 5.80. The maximum Gasteiger partial charge on any atom is 0.268 e. The molecule has 0 aliphatic heterocycles. The van der Waals surface area contributed by atoms with Gasteiger partial charge in [-0.1, -0.05) is 12.1 Å². The maximum atomic E-state index is 13.0. The molecule has 1 N–H and O–H groups in total. The minimum absolute atomic E-state index is 0.194. The number of anilines is 1. The van der Waals surface area contributed by atoms with Gasteiger partial charge in [-0.05, 0) is 55.5 Å². The third kappa shape index (κ3) is 4.74. The van der Waals surface area contributed by atoms with Gasteiger partial charge < -0.3 is 10.1 Å². The Labute approximate surface area is 196 Å². The van der Waals surface area contributed by atoms with Gasteiger partial charge in [0.15, 0.2) is 0 Å². The molecule has 0 unspecified atom stereocenters. The molecule has 0 aliphatic rings. The lowest BCUT2D eigenvalue weighted by Gasteiger charge is -2.04. The smallest absolute Gasteiger partial charge is 0.268 e. The molecule has 6 nitrogen and oxygen atoms in total. The van der Waals surface area contributed by atoms with Crippen molar-refractivity contribution in [3.8, 4) is 16.3 Å². The van der Waals surface area contributed by atoms with Gasteiger partial charge in [-0.15, -0.1) is 22.7 Å². The zero-order valence-electron chi connectivity index (χ0n) is 17.4. The molecular formula is C24H17FN4O2S2. The van der Waals surface area contributed by atoms with E-state index in [4.69, 9.17) is 4.74 Å².